The molecule has 1 aliphatic rings. The van der Waals surface area contributed by atoms with Crippen LogP contribution in [0.3, 0.4) is 0 Å². The van der Waals surface area contributed by atoms with Crippen molar-refractivity contribution in [1.29, 1.82) is 0 Å². The molecule has 0 aromatic heterocycles. The zero-order valence-corrected chi connectivity index (χ0v) is 10.1. The van der Waals surface area contributed by atoms with Crippen molar-refractivity contribution in [2.24, 2.45) is 0 Å². The molecule has 1 heterocycles. The van der Waals surface area contributed by atoms with Crippen molar-refractivity contribution in [2.75, 3.05) is 19.6 Å². The van der Waals surface area contributed by atoms with Gasteiger partial charge in [0, 0.05) is 18.1 Å². The number of benzene rings is 1. The van der Waals surface area contributed by atoms with E-state index in [2.05, 4.69) is 5.32 Å². The van der Waals surface area contributed by atoms with Crippen LogP contribution in [-0.4, -0.2) is 30.4 Å². The zero-order chi connectivity index (χ0) is 12.3. The van der Waals surface area contributed by atoms with Gasteiger partial charge in [0.15, 0.2) is 0 Å². The molecule has 0 unspecified atom stereocenters. The average molecular weight is 257 g/mol. The molecule has 1 aliphatic heterocycles. The molecule has 92 valence electrons. The van der Waals surface area contributed by atoms with Crippen molar-refractivity contribution in [2.45, 2.75) is 13.0 Å². The molecule has 1 fully saturated rings. The number of hydrogen-bond acceptors (Lipinski definition) is 2. The molecule has 0 atom stereocenters. The number of rotatable bonds is 2. The van der Waals surface area contributed by atoms with Crippen LogP contribution in [0.2, 0.25) is 5.02 Å². The first-order valence-electron chi connectivity index (χ1n) is 5.59. The predicted molar refractivity (Wildman–Crippen MR) is 64.3 cm³/mol. The molecule has 1 saturated heterocycles. The monoisotopic (exact) mass is 256 g/mol. The largest absolute Gasteiger partial charge is 0.337 e. The molecule has 2 rings (SSSR count). The van der Waals surface area contributed by atoms with Crippen LogP contribution in [0.15, 0.2) is 18.2 Å². The fraction of sp³-hybridized carbons (Fsp3) is 0.417. The maximum atomic E-state index is 12.9. The summed E-state index contributed by atoms with van der Waals surface area (Å²) in [6, 6.07) is 4.27. The minimum atomic E-state index is -0.359. The van der Waals surface area contributed by atoms with Gasteiger partial charge in [-0.05, 0) is 30.7 Å². The number of nitrogens with zero attached hydrogens (tertiary/aromatic N) is 1. The van der Waals surface area contributed by atoms with Gasteiger partial charge < -0.3 is 10.2 Å². The Bertz CT molecular complexity index is 425. The second-order valence-electron chi connectivity index (χ2n) is 4.08. The van der Waals surface area contributed by atoms with Gasteiger partial charge >= 0.3 is 0 Å². The molecule has 1 amide bonds. The van der Waals surface area contributed by atoms with Crippen LogP contribution in [-0.2, 0) is 11.3 Å². The van der Waals surface area contributed by atoms with Crippen LogP contribution in [0.5, 0.6) is 0 Å². The van der Waals surface area contributed by atoms with Crippen molar-refractivity contribution in [3.8, 4) is 0 Å². The molecule has 1 aromatic carbocycles. The Morgan fingerprint density at radius 3 is 3.06 bits per heavy atom. The Morgan fingerprint density at radius 1 is 1.47 bits per heavy atom. The van der Waals surface area contributed by atoms with E-state index in [9.17, 15) is 9.18 Å². The van der Waals surface area contributed by atoms with Crippen molar-refractivity contribution in [1.82, 2.24) is 10.2 Å². The second kappa shape index (κ2) is 5.47. The van der Waals surface area contributed by atoms with E-state index in [1.807, 2.05) is 0 Å². The van der Waals surface area contributed by atoms with E-state index >= 15 is 0 Å². The smallest absolute Gasteiger partial charge is 0.236 e. The second-order valence-corrected chi connectivity index (χ2v) is 4.49. The molecule has 0 bridgehead atoms. The fourth-order valence-electron chi connectivity index (χ4n) is 1.85. The highest BCUT2D eigenvalue weighted by atomic mass is 35.5. The molecule has 5 heteroatoms. The minimum Gasteiger partial charge on any atom is -0.337 e. The van der Waals surface area contributed by atoms with Crippen molar-refractivity contribution in [3.05, 3.63) is 34.6 Å². The van der Waals surface area contributed by atoms with Gasteiger partial charge in [-0.1, -0.05) is 17.7 Å². The number of hydrogen-bond donors (Lipinski definition) is 1. The number of halogens is 2. The number of nitrogens with one attached hydrogen (secondary N) is 1. The molecule has 3 nitrogen and oxygen atoms in total. The summed E-state index contributed by atoms with van der Waals surface area (Å²) in [4.78, 5) is 13.5. The SMILES string of the molecule is O=C1CNCCCN1Cc1ccc(F)cc1Cl. The standard InChI is InChI=1S/C12H14ClFN2O/c13-11-6-10(14)3-2-9(11)8-16-5-1-4-15-7-12(16)17/h2-3,6,15H,1,4-5,7-8H2. The van der Waals surface area contributed by atoms with Gasteiger partial charge in [0.25, 0.3) is 0 Å². The van der Waals surface area contributed by atoms with Gasteiger partial charge in [-0.2, -0.15) is 0 Å². The third-order valence-corrected chi connectivity index (χ3v) is 3.14. The van der Waals surface area contributed by atoms with E-state index in [0.717, 1.165) is 18.5 Å². The van der Waals surface area contributed by atoms with Crippen LogP contribution in [0.1, 0.15) is 12.0 Å². The Balaban J connectivity index is 2.10. The van der Waals surface area contributed by atoms with E-state index in [1.165, 1.54) is 12.1 Å². The predicted octanol–water partition coefficient (Wildman–Crippen LogP) is 1.80. The number of amides is 1. The van der Waals surface area contributed by atoms with Gasteiger partial charge in [0.1, 0.15) is 5.82 Å². The zero-order valence-electron chi connectivity index (χ0n) is 9.38. The first-order valence-corrected chi connectivity index (χ1v) is 5.97. The van der Waals surface area contributed by atoms with Gasteiger partial charge in [-0.25, -0.2) is 4.39 Å². The summed E-state index contributed by atoms with van der Waals surface area (Å²) in [5, 5.41) is 3.42. The van der Waals surface area contributed by atoms with E-state index in [-0.39, 0.29) is 11.7 Å². The normalized spacial score (nSPS) is 17.1. The van der Waals surface area contributed by atoms with Gasteiger partial charge in [0.05, 0.1) is 6.54 Å². The van der Waals surface area contributed by atoms with Gasteiger partial charge in [-0.15, -0.1) is 0 Å². The Kier molecular flexibility index (Phi) is 3.97. The lowest BCUT2D eigenvalue weighted by atomic mass is 10.2. The summed E-state index contributed by atoms with van der Waals surface area (Å²) in [6.45, 7) is 2.36. The summed E-state index contributed by atoms with van der Waals surface area (Å²) < 4.78 is 12.9. The molecule has 0 aliphatic carbocycles. The highest BCUT2D eigenvalue weighted by Gasteiger charge is 2.17. The van der Waals surface area contributed by atoms with E-state index in [1.54, 1.807) is 11.0 Å². The molecule has 0 radical (unpaired) electrons. The van der Waals surface area contributed by atoms with Gasteiger partial charge in [-0.3, -0.25) is 4.79 Å². The van der Waals surface area contributed by atoms with Crippen molar-refractivity contribution in [3.63, 3.8) is 0 Å². The summed E-state index contributed by atoms with van der Waals surface area (Å²) in [5.41, 5.74) is 0.781. The lowest BCUT2D eigenvalue weighted by Gasteiger charge is -2.20. The molecule has 0 spiro atoms. The summed E-state index contributed by atoms with van der Waals surface area (Å²) in [5.74, 6) is -0.300. The molecule has 1 N–H and O–H groups in total. The van der Waals surface area contributed by atoms with Crippen molar-refractivity contribution < 1.29 is 9.18 Å². The molecule has 1 aromatic rings. The van der Waals surface area contributed by atoms with Crippen molar-refractivity contribution >= 4 is 17.5 Å². The average Bonchev–Trinajstić information content (AvgIpc) is 2.48. The molecular formula is C12H14ClFN2O. The quantitative estimate of drug-likeness (QED) is 0.875. The third-order valence-electron chi connectivity index (χ3n) is 2.79. The lowest BCUT2D eigenvalue weighted by Crippen LogP contribution is -2.34. The lowest BCUT2D eigenvalue weighted by molar-refractivity contribution is -0.130. The first kappa shape index (κ1) is 12.3. The highest BCUT2D eigenvalue weighted by Crippen LogP contribution is 2.19. The van der Waals surface area contributed by atoms with Crippen LogP contribution < -0.4 is 5.32 Å². The minimum absolute atomic E-state index is 0.0582. The Labute approximate surface area is 105 Å². The summed E-state index contributed by atoms with van der Waals surface area (Å²) in [7, 11) is 0. The van der Waals surface area contributed by atoms with Crippen LogP contribution >= 0.6 is 11.6 Å². The maximum absolute atomic E-state index is 12.9. The van der Waals surface area contributed by atoms with Crippen LogP contribution in [0, 0.1) is 5.82 Å². The maximum Gasteiger partial charge on any atom is 0.236 e. The topological polar surface area (TPSA) is 32.3 Å². The first-order chi connectivity index (χ1) is 8.16. The Morgan fingerprint density at radius 2 is 2.29 bits per heavy atom. The number of carbonyl (C=O) groups excluding carboxylic acids is 1. The number of carbonyl (C=O) groups is 1. The summed E-state index contributed by atoms with van der Waals surface area (Å²) >= 11 is 5.94. The van der Waals surface area contributed by atoms with Gasteiger partial charge in [0.2, 0.25) is 5.91 Å². The van der Waals surface area contributed by atoms with E-state index in [0.29, 0.717) is 24.7 Å². The highest BCUT2D eigenvalue weighted by molar-refractivity contribution is 6.31. The third kappa shape index (κ3) is 3.17. The fourth-order valence-corrected chi connectivity index (χ4v) is 2.08. The van der Waals surface area contributed by atoms with E-state index < -0.39 is 0 Å². The van der Waals surface area contributed by atoms with E-state index in [4.69, 9.17) is 11.6 Å². The molecular weight excluding hydrogens is 243 g/mol. The summed E-state index contributed by atoms with van der Waals surface area (Å²) in [6.07, 6.45) is 0.921. The van der Waals surface area contributed by atoms with Crippen LogP contribution in [0.25, 0.3) is 0 Å². The molecule has 0 saturated carbocycles. The molecule has 17 heavy (non-hydrogen) atoms. The Hall–Kier alpha value is -1.13. The van der Waals surface area contributed by atoms with Crippen LogP contribution in [0.4, 0.5) is 4.39 Å².